The van der Waals surface area contributed by atoms with Gasteiger partial charge in [-0.1, -0.05) is 48.0 Å². The van der Waals surface area contributed by atoms with Gasteiger partial charge < -0.3 is 5.32 Å². The lowest BCUT2D eigenvalue weighted by Gasteiger charge is -2.37. The van der Waals surface area contributed by atoms with Crippen LogP contribution in [0.2, 0.25) is 0 Å². The van der Waals surface area contributed by atoms with E-state index >= 15 is 0 Å². The Morgan fingerprint density at radius 2 is 1.62 bits per heavy atom. The van der Waals surface area contributed by atoms with Crippen molar-refractivity contribution in [1.82, 2.24) is 19.4 Å². The fraction of sp³-hybridized carbons (Fsp3) is 0.429. The van der Waals surface area contributed by atoms with E-state index in [2.05, 4.69) is 10.4 Å². The summed E-state index contributed by atoms with van der Waals surface area (Å²) < 4.78 is 70.7. The second-order valence-corrected chi connectivity index (χ2v) is 12.3. The van der Waals surface area contributed by atoms with Crippen LogP contribution in [0.1, 0.15) is 52.1 Å². The Morgan fingerprint density at radius 3 is 2.26 bits per heavy atom. The van der Waals surface area contributed by atoms with Crippen LogP contribution in [0.25, 0.3) is 0 Å². The summed E-state index contributed by atoms with van der Waals surface area (Å²) in [4.78, 5) is 13.3. The molecule has 0 radical (unpaired) electrons. The number of piperidine rings is 1. The van der Waals surface area contributed by atoms with Crippen LogP contribution in [-0.4, -0.2) is 41.5 Å². The summed E-state index contributed by atoms with van der Waals surface area (Å²) in [7, 11) is -3.60. The van der Waals surface area contributed by atoms with Crippen molar-refractivity contribution in [1.29, 1.82) is 0 Å². The van der Waals surface area contributed by atoms with Crippen LogP contribution in [0, 0.1) is 18.8 Å². The number of nitrogens with zero attached hydrogens (tertiary/aromatic N) is 3. The zero-order valence-electron chi connectivity index (χ0n) is 21.6. The molecule has 2 aliphatic rings. The van der Waals surface area contributed by atoms with Crippen molar-refractivity contribution >= 4 is 15.9 Å². The quantitative estimate of drug-likeness (QED) is 0.469. The second kappa shape index (κ2) is 10.8. The molecule has 1 saturated heterocycles. The molecule has 5 rings (SSSR count). The Bertz CT molecular complexity index is 1430. The Hall–Kier alpha value is -3.18. The maximum atomic E-state index is 13.9. The smallest absolute Gasteiger partial charge is 0.348 e. The first-order chi connectivity index (χ1) is 18.5. The van der Waals surface area contributed by atoms with Crippen LogP contribution < -0.4 is 5.32 Å². The molecular weight excluding hydrogens is 529 g/mol. The minimum Gasteiger partial charge on any atom is -0.348 e. The lowest BCUT2D eigenvalue weighted by atomic mass is 9.78. The lowest BCUT2D eigenvalue weighted by Crippen LogP contribution is -2.41. The highest BCUT2D eigenvalue weighted by atomic mass is 32.2. The first kappa shape index (κ1) is 27.4. The van der Waals surface area contributed by atoms with Gasteiger partial charge in [-0.2, -0.15) is 22.6 Å². The number of benzene rings is 2. The van der Waals surface area contributed by atoms with Crippen molar-refractivity contribution in [2.24, 2.45) is 11.8 Å². The normalized spacial score (nSPS) is 19.0. The molecule has 0 spiro atoms. The van der Waals surface area contributed by atoms with Gasteiger partial charge in [0, 0.05) is 26.2 Å². The number of rotatable bonds is 6. The van der Waals surface area contributed by atoms with Gasteiger partial charge in [0.15, 0.2) is 5.69 Å². The van der Waals surface area contributed by atoms with Crippen LogP contribution in [0.3, 0.4) is 0 Å². The number of halogens is 3. The van der Waals surface area contributed by atoms with E-state index in [4.69, 9.17) is 0 Å². The summed E-state index contributed by atoms with van der Waals surface area (Å²) in [6, 6.07) is 15.8. The zero-order valence-corrected chi connectivity index (χ0v) is 22.4. The lowest BCUT2D eigenvalue weighted by molar-refractivity contribution is -0.141. The predicted octanol–water partition coefficient (Wildman–Crippen LogP) is 4.80. The molecule has 1 fully saturated rings. The number of alkyl halides is 3. The molecule has 0 aliphatic carbocycles. The van der Waals surface area contributed by atoms with Gasteiger partial charge in [0.05, 0.1) is 16.2 Å². The van der Waals surface area contributed by atoms with E-state index < -0.39 is 33.4 Å². The number of amides is 1. The monoisotopic (exact) mass is 560 g/mol. The molecular formula is C28H31F3N4O3S. The summed E-state index contributed by atoms with van der Waals surface area (Å²) in [6.45, 7) is 3.01. The minimum atomic E-state index is -4.76. The van der Waals surface area contributed by atoms with Gasteiger partial charge in [-0.25, -0.2) is 8.42 Å². The summed E-state index contributed by atoms with van der Waals surface area (Å²) in [5.74, 6) is -0.597. The van der Waals surface area contributed by atoms with Crippen LogP contribution in [0.4, 0.5) is 13.2 Å². The first-order valence-electron chi connectivity index (χ1n) is 13.1. The molecule has 3 aromatic rings. The first-order valence-corrected chi connectivity index (χ1v) is 14.5. The molecule has 0 saturated carbocycles. The van der Waals surface area contributed by atoms with Gasteiger partial charge in [0.25, 0.3) is 5.91 Å². The van der Waals surface area contributed by atoms with Crippen LogP contribution in [0.5, 0.6) is 0 Å². The molecule has 7 nitrogen and oxygen atoms in total. The standard InChI is InChI=1S/C28H31F3N4O3S/c1-19-7-9-23(10-8-19)39(37,38)34-14-11-21(12-15-34)22-13-16-35-24(17-22)25(26(33-35)28(29,30)31)27(36)32-18-20-5-3-2-4-6-20/h2-10,21-22H,11-18H2,1H3,(H,32,36). The van der Waals surface area contributed by atoms with Gasteiger partial charge in [-0.05, 0) is 62.1 Å². The third kappa shape index (κ3) is 5.74. The largest absolute Gasteiger partial charge is 0.435 e. The van der Waals surface area contributed by atoms with Crippen molar-refractivity contribution < 1.29 is 26.4 Å². The summed E-state index contributed by atoms with van der Waals surface area (Å²) in [6.07, 6.45) is -2.59. The van der Waals surface area contributed by atoms with Gasteiger partial charge in [-0.15, -0.1) is 0 Å². The van der Waals surface area contributed by atoms with Gasteiger partial charge in [-0.3, -0.25) is 9.48 Å². The molecule has 0 bridgehead atoms. The zero-order chi connectivity index (χ0) is 27.8. The van der Waals surface area contributed by atoms with Crippen molar-refractivity contribution in [2.75, 3.05) is 13.1 Å². The average molecular weight is 561 g/mol. The third-order valence-corrected chi connectivity index (χ3v) is 9.75. The van der Waals surface area contributed by atoms with E-state index in [1.807, 2.05) is 13.0 Å². The highest BCUT2D eigenvalue weighted by Gasteiger charge is 2.43. The fourth-order valence-corrected chi connectivity index (χ4v) is 7.15. The molecule has 1 amide bonds. The van der Waals surface area contributed by atoms with Gasteiger partial charge in [0.2, 0.25) is 10.0 Å². The Kier molecular flexibility index (Phi) is 7.56. The topological polar surface area (TPSA) is 84.3 Å². The highest BCUT2D eigenvalue weighted by molar-refractivity contribution is 7.89. The summed E-state index contributed by atoms with van der Waals surface area (Å²) in [5, 5.41) is 6.44. The maximum Gasteiger partial charge on any atom is 0.435 e. The molecule has 2 aliphatic heterocycles. The number of carbonyl (C=O) groups is 1. The van der Waals surface area contributed by atoms with Crippen molar-refractivity contribution in [3.05, 3.63) is 82.7 Å². The molecule has 3 heterocycles. The molecule has 2 aromatic carbocycles. The van der Waals surface area contributed by atoms with Crippen LogP contribution in [-0.2, 0) is 35.7 Å². The number of sulfonamides is 1. The summed E-state index contributed by atoms with van der Waals surface area (Å²) in [5.41, 5.74) is 0.515. The number of hydrogen-bond acceptors (Lipinski definition) is 4. The van der Waals surface area contributed by atoms with Gasteiger partial charge >= 0.3 is 6.18 Å². The van der Waals surface area contributed by atoms with E-state index in [1.54, 1.807) is 48.5 Å². The second-order valence-electron chi connectivity index (χ2n) is 10.4. The van der Waals surface area contributed by atoms with Crippen molar-refractivity contribution in [2.45, 2.75) is 56.8 Å². The number of hydrogen-bond donors (Lipinski definition) is 1. The number of aryl methyl sites for hydroxylation is 2. The molecule has 1 N–H and O–H groups in total. The molecule has 208 valence electrons. The minimum absolute atomic E-state index is 0.0418. The van der Waals surface area contributed by atoms with Crippen LogP contribution in [0.15, 0.2) is 59.5 Å². The van der Waals surface area contributed by atoms with E-state index in [0.29, 0.717) is 44.5 Å². The van der Waals surface area contributed by atoms with E-state index in [1.165, 1.54) is 8.99 Å². The fourth-order valence-electron chi connectivity index (χ4n) is 5.68. The molecule has 1 aromatic heterocycles. The highest BCUT2D eigenvalue weighted by Crippen LogP contribution is 2.39. The van der Waals surface area contributed by atoms with E-state index in [-0.39, 0.29) is 29.8 Å². The predicted molar refractivity (Wildman–Crippen MR) is 139 cm³/mol. The SMILES string of the molecule is Cc1ccc(S(=O)(=O)N2CCC(C3CCn4nc(C(F)(F)F)c(C(=O)NCc5ccccc5)c4C3)CC2)cc1. The number of fused-ring (bicyclic) bond motifs is 1. The molecule has 11 heteroatoms. The van der Waals surface area contributed by atoms with Crippen molar-refractivity contribution in [3.63, 3.8) is 0 Å². The van der Waals surface area contributed by atoms with Gasteiger partial charge in [0.1, 0.15) is 0 Å². The number of aromatic nitrogens is 2. The number of carbonyl (C=O) groups excluding carboxylic acids is 1. The van der Waals surface area contributed by atoms with E-state index in [0.717, 1.165) is 11.1 Å². The Morgan fingerprint density at radius 1 is 0.974 bits per heavy atom. The van der Waals surface area contributed by atoms with E-state index in [9.17, 15) is 26.4 Å². The summed E-state index contributed by atoms with van der Waals surface area (Å²) >= 11 is 0. The maximum absolute atomic E-state index is 13.9. The van der Waals surface area contributed by atoms with Crippen LogP contribution >= 0.6 is 0 Å². The Labute approximate surface area is 226 Å². The molecule has 1 atom stereocenters. The number of nitrogens with one attached hydrogen (secondary N) is 1. The third-order valence-electron chi connectivity index (χ3n) is 7.84. The molecule has 1 unspecified atom stereocenters. The molecule has 39 heavy (non-hydrogen) atoms. The Balaban J connectivity index is 1.30. The van der Waals surface area contributed by atoms with Crippen molar-refractivity contribution in [3.8, 4) is 0 Å². The average Bonchev–Trinajstić information content (AvgIpc) is 3.32.